The van der Waals surface area contributed by atoms with E-state index in [4.69, 9.17) is 4.74 Å². The first-order chi connectivity index (χ1) is 14.5. The number of aromatic nitrogens is 1. The Morgan fingerprint density at radius 1 is 1.10 bits per heavy atom. The number of nitrogens with zero attached hydrogens (tertiary/aromatic N) is 3. The van der Waals surface area contributed by atoms with Gasteiger partial charge < -0.3 is 19.6 Å². The van der Waals surface area contributed by atoms with E-state index in [1.807, 2.05) is 9.80 Å². The molecule has 8 heteroatoms. The van der Waals surface area contributed by atoms with Crippen LogP contribution in [0.4, 0.5) is 14.6 Å². The number of halogens is 2. The predicted molar refractivity (Wildman–Crippen MR) is 108 cm³/mol. The SMILES string of the molecule is O=C(c1cccnc1N1CC[C@@H](Oc2cc(F)cc(F)c2)[C@H](O)C1)N1CCCCC1. The van der Waals surface area contributed by atoms with Crippen LogP contribution in [0.1, 0.15) is 36.0 Å². The number of pyridine rings is 1. The Balaban J connectivity index is 1.46. The van der Waals surface area contributed by atoms with Crippen molar-refractivity contribution in [2.45, 2.75) is 37.9 Å². The van der Waals surface area contributed by atoms with Gasteiger partial charge in [-0.2, -0.15) is 0 Å². The molecule has 1 aromatic carbocycles. The molecule has 0 saturated carbocycles. The number of rotatable bonds is 4. The minimum atomic E-state index is -0.898. The highest BCUT2D eigenvalue weighted by Gasteiger charge is 2.32. The van der Waals surface area contributed by atoms with Gasteiger partial charge in [0.05, 0.1) is 5.56 Å². The van der Waals surface area contributed by atoms with E-state index in [-0.39, 0.29) is 18.2 Å². The van der Waals surface area contributed by atoms with Crippen molar-refractivity contribution in [1.29, 1.82) is 0 Å². The largest absolute Gasteiger partial charge is 0.487 e. The van der Waals surface area contributed by atoms with E-state index >= 15 is 0 Å². The molecule has 0 aliphatic carbocycles. The second-order valence-corrected chi connectivity index (χ2v) is 7.79. The van der Waals surface area contributed by atoms with E-state index in [0.29, 0.717) is 24.3 Å². The number of carbonyl (C=O) groups is 1. The molecule has 0 bridgehead atoms. The molecule has 2 aliphatic rings. The van der Waals surface area contributed by atoms with E-state index in [2.05, 4.69) is 4.98 Å². The lowest BCUT2D eigenvalue weighted by molar-refractivity contribution is 0.0236. The Morgan fingerprint density at radius 3 is 2.53 bits per heavy atom. The summed E-state index contributed by atoms with van der Waals surface area (Å²) in [6.45, 7) is 2.20. The number of β-amino-alcohol motifs (C(OH)–C–C–N with tert-alkyl or cyclic N) is 1. The Bertz CT molecular complexity index is 885. The summed E-state index contributed by atoms with van der Waals surface area (Å²) >= 11 is 0. The molecule has 4 rings (SSSR count). The van der Waals surface area contributed by atoms with Crippen molar-refractivity contribution >= 4 is 11.7 Å². The number of piperidine rings is 2. The van der Waals surface area contributed by atoms with Crippen LogP contribution in [0.3, 0.4) is 0 Å². The fraction of sp³-hybridized carbons (Fsp3) is 0.455. The predicted octanol–water partition coefficient (Wildman–Crippen LogP) is 3.00. The number of anilines is 1. The molecule has 3 heterocycles. The van der Waals surface area contributed by atoms with Crippen molar-refractivity contribution in [1.82, 2.24) is 9.88 Å². The summed E-state index contributed by atoms with van der Waals surface area (Å²) in [5, 5.41) is 10.6. The molecule has 0 unspecified atom stereocenters. The van der Waals surface area contributed by atoms with Gasteiger partial charge in [0.25, 0.3) is 5.91 Å². The lowest BCUT2D eigenvalue weighted by Gasteiger charge is -2.37. The molecule has 2 saturated heterocycles. The third-order valence-corrected chi connectivity index (χ3v) is 5.60. The van der Waals surface area contributed by atoms with Gasteiger partial charge in [0, 0.05) is 57.0 Å². The van der Waals surface area contributed by atoms with Crippen LogP contribution in [0.25, 0.3) is 0 Å². The number of aliphatic hydroxyl groups is 1. The van der Waals surface area contributed by atoms with Gasteiger partial charge >= 0.3 is 0 Å². The Labute approximate surface area is 174 Å². The van der Waals surface area contributed by atoms with Crippen molar-refractivity contribution in [3.63, 3.8) is 0 Å². The van der Waals surface area contributed by atoms with Crippen molar-refractivity contribution in [2.75, 3.05) is 31.1 Å². The lowest BCUT2D eigenvalue weighted by Crippen LogP contribution is -2.50. The smallest absolute Gasteiger partial charge is 0.257 e. The van der Waals surface area contributed by atoms with Gasteiger partial charge in [-0.1, -0.05) is 0 Å². The monoisotopic (exact) mass is 417 g/mol. The fourth-order valence-corrected chi connectivity index (χ4v) is 4.09. The number of amides is 1. The quantitative estimate of drug-likeness (QED) is 0.829. The number of carbonyl (C=O) groups excluding carboxylic acids is 1. The summed E-state index contributed by atoms with van der Waals surface area (Å²) in [5.41, 5.74) is 0.526. The highest BCUT2D eigenvalue weighted by molar-refractivity contribution is 5.99. The summed E-state index contributed by atoms with van der Waals surface area (Å²) in [5.74, 6) is -0.912. The van der Waals surface area contributed by atoms with Gasteiger partial charge in [-0.15, -0.1) is 0 Å². The maximum atomic E-state index is 13.4. The van der Waals surface area contributed by atoms with Gasteiger partial charge in [0.1, 0.15) is 35.4 Å². The van der Waals surface area contributed by atoms with Crippen LogP contribution in [-0.4, -0.2) is 59.3 Å². The van der Waals surface area contributed by atoms with E-state index in [1.165, 1.54) is 0 Å². The molecule has 0 spiro atoms. The molecule has 2 aliphatic heterocycles. The van der Waals surface area contributed by atoms with Crippen LogP contribution in [0, 0.1) is 11.6 Å². The summed E-state index contributed by atoms with van der Waals surface area (Å²) in [4.78, 5) is 21.2. The molecular weight excluding hydrogens is 392 g/mol. The fourth-order valence-electron chi connectivity index (χ4n) is 4.09. The van der Waals surface area contributed by atoms with Crippen LogP contribution >= 0.6 is 0 Å². The van der Waals surface area contributed by atoms with Gasteiger partial charge in [0.2, 0.25) is 0 Å². The maximum Gasteiger partial charge on any atom is 0.257 e. The summed E-state index contributed by atoms with van der Waals surface area (Å²) in [7, 11) is 0. The van der Waals surface area contributed by atoms with Crippen molar-refractivity contribution in [3.8, 4) is 5.75 Å². The van der Waals surface area contributed by atoms with Crippen molar-refractivity contribution in [2.24, 2.45) is 0 Å². The number of ether oxygens (including phenoxy) is 1. The number of aliphatic hydroxyl groups excluding tert-OH is 1. The number of hydrogen-bond donors (Lipinski definition) is 1. The molecule has 0 radical (unpaired) electrons. The van der Waals surface area contributed by atoms with E-state index in [0.717, 1.165) is 50.6 Å². The minimum Gasteiger partial charge on any atom is -0.487 e. The average Bonchev–Trinajstić information content (AvgIpc) is 2.74. The topological polar surface area (TPSA) is 65.9 Å². The van der Waals surface area contributed by atoms with E-state index in [1.54, 1.807) is 18.3 Å². The number of benzene rings is 1. The molecule has 1 amide bonds. The third-order valence-electron chi connectivity index (χ3n) is 5.60. The lowest BCUT2D eigenvalue weighted by atomic mass is 10.0. The summed E-state index contributed by atoms with van der Waals surface area (Å²) in [6, 6.07) is 6.47. The molecule has 1 N–H and O–H groups in total. The zero-order valence-electron chi connectivity index (χ0n) is 16.6. The first kappa shape index (κ1) is 20.5. The highest BCUT2D eigenvalue weighted by Crippen LogP contribution is 2.27. The molecule has 30 heavy (non-hydrogen) atoms. The van der Waals surface area contributed by atoms with Crippen LogP contribution in [0.5, 0.6) is 5.75 Å². The zero-order chi connectivity index (χ0) is 21.1. The molecule has 6 nitrogen and oxygen atoms in total. The second kappa shape index (κ2) is 8.95. The van der Waals surface area contributed by atoms with Crippen LogP contribution in [0.2, 0.25) is 0 Å². The van der Waals surface area contributed by atoms with Gasteiger partial charge in [-0.25, -0.2) is 13.8 Å². The zero-order valence-corrected chi connectivity index (χ0v) is 16.6. The van der Waals surface area contributed by atoms with Crippen molar-refractivity contribution in [3.05, 3.63) is 53.7 Å². The van der Waals surface area contributed by atoms with Gasteiger partial charge in [-0.3, -0.25) is 4.79 Å². The third kappa shape index (κ3) is 4.53. The number of likely N-dealkylation sites (tertiary alicyclic amines) is 1. The molecule has 2 aromatic rings. The highest BCUT2D eigenvalue weighted by atomic mass is 19.1. The number of hydrogen-bond acceptors (Lipinski definition) is 5. The minimum absolute atomic E-state index is 0.0408. The summed E-state index contributed by atoms with van der Waals surface area (Å²) in [6.07, 6.45) is 3.70. The Kier molecular flexibility index (Phi) is 6.13. The van der Waals surface area contributed by atoms with Crippen molar-refractivity contribution < 1.29 is 23.4 Å². The average molecular weight is 417 g/mol. The standard InChI is InChI=1S/C22H25F2N3O3/c23-15-11-16(24)13-17(12-15)30-20-6-10-27(14-19(20)28)21-18(5-4-7-25-21)22(29)26-8-2-1-3-9-26/h4-5,7,11-13,19-20,28H,1-3,6,8-10,14H2/t19-,20-/m1/s1. The summed E-state index contributed by atoms with van der Waals surface area (Å²) < 4.78 is 32.4. The van der Waals surface area contributed by atoms with Gasteiger partial charge in [0.15, 0.2) is 0 Å². The molecule has 2 atom stereocenters. The van der Waals surface area contributed by atoms with E-state index in [9.17, 15) is 18.7 Å². The molecule has 1 aromatic heterocycles. The van der Waals surface area contributed by atoms with Crippen LogP contribution in [-0.2, 0) is 0 Å². The van der Waals surface area contributed by atoms with Crippen LogP contribution < -0.4 is 9.64 Å². The van der Waals surface area contributed by atoms with E-state index < -0.39 is 23.8 Å². The first-order valence-electron chi connectivity index (χ1n) is 10.3. The second-order valence-electron chi connectivity index (χ2n) is 7.79. The first-order valence-corrected chi connectivity index (χ1v) is 10.3. The normalized spacial score (nSPS) is 22.1. The molecular formula is C22H25F2N3O3. The Morgan fingerprint density at radius 2 is 1.83 bits per heavy atom. The molecule has 2 fully saturated rings. The maximum absolute atomic E-state index is 13.4. The molecule has 160 valence electrons. The Hall–Kier alpha value is -2.74. The van der Waals surface area contributed by atoms with Crippen LogP contribution in [0.15, 0.2) is 36.5 Å². The van der Waals surface area contributed by atoms with Gasteiger partial charge in [-0.05, 0) is 31.4 Å².